The van der Waals surface area contributed by atoms with Gasteiger partial charge in [0.1, 0.15) is 23.0 Å². The van der Waals surface area contributed by atoms with Gasteiger partial charge < -0.3 is 24.3 Å². The molecular weight excluding hydrogens is 426 g/mol. The van der Waals surface area contributed by atoms with E-state index in [2.05, 4.69) is 15.8 Å². The van der Waals surface area contributed by atoms with Crippen molar-refractivity contribution in [3.8, 4) is 23.0 Å². The van der Waals surface area contributed by atoms with Gasteiger partial charge in [0.2, 0.25) is 5.91 Å². The van der Waals surface area contributed by atoms with Gasteiger partial charge in [-0.3, -0.25) is 9.59 Å². The number of benzene rings is 2. The summed E-state index contributed by atoms with van der Waals surface area (Å²) in [6.45, 7) is 1.38. The van der Waals surface area contributed by atoms with E-state index in [0.29, 0.717) is 39.4 Å². The van der Waals surface area contributed by atoms with E-state index in [4.69, 9.17) is 30.5 Å². The van der Waals surface area contributed by atoms with Crippen molar-refractivity contribution in [1.82, 2.24) is 5.43 Å². The van der Waals surface area contributed by atoms with Crippen molar-refractivity contribution in [1.29, 1.82) is 0 Å². The summed E-state index contributed by atoms with van der Waals surface area (Å²) >= 11 is 6.06. The molecule has 9 nitrogen and oxygen atoms in total. The number of nitrogens with zero attached hydrogens (tertiary/aromatic N) is 1. The first-order valence-electron chi connectivity index (χ1n) is 9.16. The van der Waals surface area contributed by atoms with Gasteiger partial charge in [0.05, 0.1) is 38.5 Å². The van der Waals surface area contributed by atoms with E-state index in [9.17, 15) is 9.59 Å². The minimum atomic E-state index is -0.466. The fourth-order valence-corrected chi connectivity index (χ4v) is 2.69. The summed E-state index contributed by atoms with van der Waals surface area (Å²) in [4.78, 5) is 24.2. The number of halogens is 1. The van der Waals surface area contributed by atoms with Crippen LogP contribution in [-0.4, -0.2) is 45.5 Å². The number of rotatable bonds is 10. The standard InChI is InChI=1S/C21H24ClN3O6/c1-13(24-25-21(27)12-31-15-7-5-6-14(9-15)28-2)8-20(26)23-17-11-18(29-3)16(22)10-19(17)30-4/h5-7,9-11H,8,12H2,1-4H3,(H,23,26)(H,25,27)/b24-13+. The lowest BCUT2D eigenvalue weighted by Gasteiger charge is -2.13. The molecule has 0 radical (unpaired) electrons. The second-order valence-electron chi connectivity index (χ2n) is 6.26. The fourth-order valence-electron chi connectivity index (χ4n) is 2.45. The smallest absolute Gasteiger partial charge is 0.277 e. The molecule has 0 aliphatic carbocycles. The molecule has 166 valence electrons. The second-order valence-corrected chi connectivity index (χ2v) is 6.67. The van der Waals surface area contributed by atoms with E-state index >= 15 is 0 Å². The monoisotopic (exact) mass is 449 g/mol. The summed E-state index contributed by atoms with van der Waals surface area (Å²) in [5.41, 5.74) is 3.15. The van der Waals surface area contributed by atoms with Crippen molar-refractivity contribution in [3.63, 3.8) is 0 Å². The minimum Gasteiger partial charge on any atom is -0.497 e. The summed E-state index contributed by atoms with van der Waals surface area (Å²) in [6, 6.07) is 9.98. The lowest BCUT2D eigenvalue weighted by atomic mass is 10.2. The van der Waals surface area contributed by atoms with Gasteiger partial charge in [0.15, 0.2) is 6.61 Å². The Morgan fingerprint density at radius 2 is 1.68 bits per heavy atom. The maximum Gasteiger partial charge on any atom is 0.277 e. The largest absolute Gasteiger partial charge is 0.497 e. The Morgan fingerprint density at radius 1 is 0.968 bits per heavy atom. The third kappa shape index (κ3) is 7.38. The number of hydrazone groups is 1. The molecule has 0 saturated heterocycles. The molecule has 2 rings (SSSR count). The maximum atomic E-state index is 12.3. The van der Waals surface area contributed by atoms with Gasteiger partial charge in [-0.05, 0) is 19.1 Å². The Morgan fingerprint density at radius 3 is 2.35 bits per heavy atom. The van der Waals surface area contributed by atoms with E-state index in [1.165, 1.54) is 14.2 Å². The lowest BCUT2D eigenvalue weighted by molar-refractivity contribution is -0.123. The van der Waals surface area contributed by atoms with Gasteiger partial charge in [0.25, 0.3) is 5.91 Å². The summed E-state index contributed by atoms with van der Waals surface area (Å²) in [5.74, 6) is 1.07. The highest BCUT2D eigenvalue weighted by atomic mass is 35.5. The van der Waals surface area contributed by atoms with Crippen molar-refractivity contribution in [2.75, 3.05) is 33.3 Å². The molecule has 0 heterocycles. The van der Waals surface area contributed by atoms with Crippen LogP contribution >= 0.6 is 11.6 Å². The third-order valence-corrected chi connectivity index (χ3v) is 4.24. The van der Waals surface area contributed by atoms with Crippen LogP contribution in [0.15, 0.2) is 41.5 Å². The van der Waals surface area contributed by atoms with Crippen LogP contribution in [0.5, 0.6) is 23.0 Å². The molecule has 2 aromatic rings. The quantitative estimate of drug-likeness (QED) is 0.426. The van der Waals surface area contributed by atoms with Crippen LogP contribution in [0.1, 0.15) is 13.3 Å². The number of anilines is 1. The molecule has 0 aliphatic rings. The van der Waals surface area contributed by atoms with Crippen LogP contribution in [-0.2, 0) is 9.59 Å². The van der Waals surface area contributed by atoms with Crippen LogP contribution in [0.2, 0.25) is 5.02 Å². The zero-order valence-corrected chi connectivity index (χ0v) is 18.4. The van der Waals surface area contributed by atoms with E-state index in [-0.39, 0.29) is 18.9 Å². The number of hydrogen-bond donors (Lipinski definition) is 2. The Balaban J connectivity index is 1.87. The number of hydrogen-bond acceptors (Lipinski definition) is 7. The van der Waals surface area contributed by atoms with Crippen molar-refractivity contribution in [3.05, 3.63) is 41.4 Å². The van der Waals surface area contributed by atoms with E-state index in [1.54, 1.807) is 50.4 Å². The van der Waals surface area contributed by atoms with Gasteiger partial charge in [0, 0.05) is 23.9 Å². The molecular formula is C21H24ClN3O6. The van der Waals surface area contributed by atoms with Crippen LogP contribution in [0.25, 0.3) is 0 Å². The second kappa shape index (κ2) is 11.7. The number of carbonyl (C=O) groups is 2. The molecule has 10 heteroatoms. The number of ether oxygens (including phenoxy) is 4. The summed E-state index contributed by atoms with van der Waals surface area (Å²) in [6.07, 6.45) is -0.0505. The van der Waals surface area contributed by atoms with Gasteiger partial charge in [-0.1, -0.05) is 17.7 Å². The van der Waals surface area contributed by atoms with Gasteiger partial charge in [-0.25, -0.2) is 5.43 Å². The topological polar surface area (TPSA) is 107 Å². The molecule has 2 aromatic carbocycles. The number of amides is 2. The number of methoxy groups -OCH3 is 3. The van der Waals surface area contributed by atoms with E-state index in [0.717, 1.165) is 0 Å². The Hall–Kier alpha value is -3.46. The van der Waals surface area contributed by atoms with Crippen molar-refractivity contribution < 1.29 is 28.5 Å². The highest BCUT2D eigenvalue weighted by molar-refractivity contribution is 6.32. The normalized spacial score (nSPS) is 10.8. The van der Waals surface area contributed by atoms with E-state index in [1.807, 2.05) is 0 Å². The summed E-state index contributed by atoms with van der Waals surface area (Å²) in [5, 5.41) is 6.98. The molecule has 0 atom stereocenters. The third-order valence-electron chi connectivity index (χ3n) is 3.95. The molecule has 0 spiro atoms. The number of carbonyl (C=O) groups excluding carboxylic acids is 2. The molecule has 31 heavy (non-hydrogen) atoms. The average Bonchev–Trinajstić information content (AvgIpc) is 2.77. The zero-order chi connectivity index (χ0) is 22.8. The molecule has 0 unspecified atom stereocenters. The average molecular weight is 450 g/mol. The first-order valence-corrected chi connectivity index (χ1v) is 9.54. The Bertz CT molecular complexity index is 964. The minimum absolute atomic E-state index is 0.0505. The van der Waals surface area contributed by atoms with Crippen LogP contribution in [0.4, 0.5) is 5.69 Å². The SMILES string of the molecule is COc1cccc(OCC(=O)N/N=C(\C)CC(=O)Nc2cc(OC)c(Cl)cc2OC)c1. The van der Waals surface area contributed by atoms with E-state index < -0.39 is 5.91 Å². The fraction of sp³-hybridized carbons (Fsp3) is 0.286. The lowest BCUT2D eigenvalue weighted by Crippen LogP contribution is -2.26. The predicted molar refractivity (Wildman–Crippen MR) is 118 cm³/mol. The van der Waals surface area contributed by atoms with Crippen LogP contribution in [0.3, 0.4) is 0 Å². The van der Waals surface area contributed by atoms with Gasteiger partial charge >= 0.3 is 0 Å². The van der Waals surface area contributed by atoms with Crippen LogP contribution in [0, 0.1) is 0 Å². The summed E-state index contributed by atoms with van der Waals surface area (Å²) < 4.78 is 20.9. The van der Waals surface area contributed by atoms with Gasteiger partial charge in [-0.15, -0.1) is 0 Å². The maximum absolute atomic E-state index is 12.3. The molecule has 0 bridgehead atoms. The first-order chi connectivity index (χ1) is 14.9. The Labute approximate surface area is 185 Å². The van der Waals surface area contributed by atoms with Crippen molar-refractivity contribution in [2.45, 2.75) is 13.3 Å². The molecule has 2 N–H and O–H groups in total. The first kappa shape index (κ1) is 23.8. The van der Waals surface area contributed by atoms with Crippen molar-refractivity contribution in [2.24, 2.45) is 5.10 Å². The Kier molecular flexibility index (Phi) is 8.95. The molecule has 0 aliphatic heterocycles. The summed E-state index contributed by atoms with van der Waals surface area (Å²) in [7, 11) is 4.47. The highest BCUT2D eigenvalue weighted by Gasteiger charge is 2.13. The molecule has 2 amide bonds. The number of nitrogens with one attached hydrogen (secondary N) is 2. The molecule has 0 aromatic heterocycles. The molecule has 0 fully saturated rings. The zero-order valence-electron chi connectivity index (χ0n) is 17.7. The van der Waals surface area contributed by atoms with Crippen LogP contribution < -0.4 is 29.7 Å². The van der Waals surface area contributed by atoms with Crippen molar-refractivity contribution >= 4 is 34.8 Å². The highest BCUT2D eigenvalue weighted by Crippen LogP contribution is 2.35. The van der Waals surface area contributed by atoms with Gasteiger partial charge in [-0.2, -0.15) is 5.10 Å². The predicted octanol–water partition coefficient (Wildman–Crippen LogP) is 3.27. The molecule has 0 saturated carbocycles.